The number of thiazole rings is 1. The van der Waals surface area contributed by atoms with Crippen molar-refractivity contribution in [3.05, 3.63) is 39.9 Å². The summed E-state index contributed by atoms with van der Waals surface area (Å²) < 4.78 is 4.83. The topological polar surface area (TPSA) is 88.5 Å². The predicted molar refractivity (Wildman–Crippen MR) is 83.5 cm³/mol. The third-order valence-corrected chi connectivity index (χ3v) is 3.65. The minimum Gasteiger partial charge on any atom is -0.507 e. The summed E-state index contributed by atoms with van der Waals surface area (Å²) in [6, 6.07) is 4.18. The molecule has 2 N–H and O–H groups in total. The van der Waals surface area contributed by atoms with Gasteiger partial charge in [-0.25, -0.2) is 4.98 Å². The fourth-order valence-corrected chi connectivity index (χ4v) is 2.54. The lowest BCUT2D eigenvalue weighted by Gasteiger charge is -2.04. The smallest absolute Gasteiger partial charge is 0.311 e. The van der Waals surface area contributed by atoms with Crippen LogP contribution in [0.3, 0.4) is 0 Å². The van der Waals surface area contributed by atoms with Crippen LogP contribution in [0.2, 0.25) is 5.02 Å². The molecule has 0 radical (unpaired) electrons. The molecule has 22 heavy (non-hydrogen) atoms. The maximum absolute atomic E-state index is 12.1. The van der Waals surface area contributed by atoms with E-state index >= 15 is 0 Å². The van der Waals surface area contributed by atoms with Crippen molar-refractivity contribution in [2.24, 2.45) is 0 Å². The number of carbonyl (C=O) groups excluding carboxylic acids is 2. The van der Waals surface area contributed by atoms with Gasteiger partial charge in [0.25, 0.3) is 5.91 Å². The number of carbonyl (C=O) groups is 2. The number of hydrogen-bond acceptors (Lipinski definition) is 6. The normalized spacial score (nSPS) is 10.3. The third kappa shape index (κ3) is 4.19. The number of aromatic nitrogens is 1. The SMILES string of the molecule is CCOC(=O)Cc1csc(NC(=O)c2cc(Cl)ccc2O)n1. The highest BCUT2D eigenvalue weighted by molar-refractivity contribution is 7.14. The summed E-state index contributed by atoms with van der Waals surface area (Å²) in [5.41, 5.74) is 0.559. The van der Waals surface area contributed by atoms with Gasteiger partial charge < -0.3 is 9.84 Å². The molecule has 2 aromatic rings. The Morgan fingerprint density at radius 3 is 2.95 bits per heavy atom. The van der Waals surface area contributed by atoms with Gasteiger partial charge in [-0.05, 0) is 25.1 Å². The number of phenols is 1. The number of nitrogens with zero attached hydrogens (tertiary/aromatic N) is 1. The van der Waals surface area contributed by atoms with Crippen LogP contribution < -0.4 is 5.32 Å². The Morgan fingerprint density at radius 2 is 2.23 bits per heavy atom. The molecule has 0 fully saturated rings. The molecule has 0 atom stereocenters. The Labute approximate surface area is 135 Å². The Kier molecular flexibility index (Phi) is 5.35. The zero-order chi connectivity index (χ0) is 16.1. The van der Waals surface area contributed by atoms with E-state index in [4.69, 9.17) is 16.3 Å². The van der Waals surface area contributed by atoms with Gasteiger partial charge in [0.1, 0.15) is 5.75 Å². The van der Waals surface area contributed by atoms with Gasteiger partial charge in [-0.3, -0.25) is 14.9 Å². The number of anilines is 1. The van der Waals surface area contributed by atoms with Crippen molar-refractivity contribution >= 4 is 39.9 Å². The largest absolute Gasteiger partial charge is 0.507 e. The van der Waals surface area contributed by atoms with E-state index in [1.54, 1.807) is 12.3 Å². The van der Waals surface area contributed by atoms with Crippen molar-refractivity contribution < 1.29 is 19.4 Å². The lowest BCUT2D eigenvalue weighted by Crippen LogP contribution is -2.12. The van der Waals surface area contributed by atoms with Crippen LogP contribution in [0.25, 0.3) is 0 Å². The molecular weight excluding hydrogens is 328 g/mol. The van der Waals surface area contributed by atoms with E-state index in [-0.39, 0.29) is 23.7 Å². The standard InChI is InChI=1S/C14H13ClN2O4S/c1-2-21-12(19)6-9-7-22-14(16-9)17-13(20)10-5-8(15)3-4-11(10)18/h3-5,7,18H,2,6H2,1H3,(H,16,17,20). The summed E-state index contributed by atoms with van der Waals surface area (Å²) in [7, 11) is 0. The molecule has 0 aliphatic heterocycles. The first-order valence-electron chi connectivity index (χ1n) is 6.39. The second kappa shape index (κ2) is 7.24. The van der Waals surface area contributed by atoms with Crippen LogP contribution >= 0.6 is 22.9 Å². The van der Waals surface area contributed by atoms with Crippen molar-refractivity contribution in [3.63, 3.8) is 0 Å². The van der Waals surface area contributed by atoms with Crippen LogP contribution in [-0.4, -0.2) is 28.6 Å². The molecule has 1 amide bonds. The van der Waals surface area contributed by atoms with Crippen LogP contribution in [0.15, 0.2) is 23.6 Å². The number of nitrogens with one attached hydrogen (secondary N) is 1. The van der Waals surface area contributed by atoms with E-state index in [2.05, 4.69) is 10.3 Å². The highest BCUT2D eigenvalue weighted by Gasteiger charge is 2.14. The van der Waals surface area contributed by atoms with E-state index in [1.807, 2.05) is 0 Å². The van der Waals surface area contributed by atoms with Crippen molar-refractivity contribution in [1.82, 2.24) is 4.98 Å². The van der Waals surface area contributed by atoms with Gasteiger partial charge in [0.2, 0.25) is 0 Å². The Morgan fingerprint density at radius 1 is 1.45 bits per heavy atom. The summed E-state index contributed by atoms with van der Waals surface area (Å²) >= 11 is 6.98. The molecule has 0 aliphatic carbocycles. The molecule has 8 heteroatoms. The van der Waals surface area contributed by atoms with Crippen molar-refractivity contribution in [2.45, 2.75) is 13.3 Å². The molecule has 0 spiro atoms. The van der Waals surface area contributed by atoms with E-state index in [1.165, 1.54) is 29.5 Å². The first kappa shape index (κ1) is 16.3. The van der Waals surface area contributed by atoms with Gasteiger partial charge in [0.15, 0.2) is 5.13 Å². The van der Waals surface area contributed by atoms with Gasteiger partial charge in [0.05, 0.1) is 24.3 Å². The first-order chi connectivity index (χ1) is 10.5. The fourth-order valence-electron chi connectivity index (χ4n) is 1.66. The number of benzene rings is 1. The molecule has 0 unspecified atom stereocenters. The number of halogens is 1. The molecule has 1 aromatic carbocycles. The summed E-state index contributed by atoms with van der Waals surface area (Å²) in [6.07, 6.45) is 0.0443. The first-order valence-corrected chi connectivity index (χ1v) is 7.65. The molecule has 6 nitrogen and oxygen atoms in total. The second-order valence-electron chi connectivity index (χ2n) is 4.24. The molecule has 2 rings (SSSR count). The van der Waals surface area contributed by atoms with Crippen LogP contribution in [0.5, 0.6) is 5.75 Å². The Balaban J connectivity index is 2.05. The molecule has 1 aromatic heterocycles. The molecule has 0 saturated carbocycles. The second-order valence-corrected chi connectivity index (χ2v) is 5.54. The van der Waals surface area contributed by atoms with Crippen LogP contribution in [0.1, 0.15) is 23.0 Å². The number of aromatic hydroxyl groups is 1. The van der Waals surface area contributed by atoms with Crippen molar-refractivity contribution in [1.29, 1.82) is 0 Å². The molecule has 0 saturated heterocycles. The zero-order valence-electron chi connectivity index (χ0n) is 11.6. The zero-order valence-corrected chi connectivity index (χ0v) is 13.2. The highest BCUT2D eigenvalue weighted by Crippen LogP contribution is 2.23. The maximum Gasteiger partial charge on any atom is 0.311 e. The van der Waals surface area contributed by atoms with Gasteiger partial charge in [-0.1, -0.05) is 11.6 Å². The molecule has 116 valence electrons. The van der Waals surface area contributed by atoms with Gasteiger partial charge in [-0.15, -0.1) is 11.3 Å². The quantitative estimate of drug-likeness (QED) is 0.817. The Bertz CT molecular complexity index is 702. The minimum atomic E-state index is -0.531. The molecule has 0 aliphatic rings. The van der Waals surface area contributed by atoms with Gasteiger partial charge in [0, 0.05) is 10.4 Å². The number of ether oxygens (including phenoxy) is 1. The van der Waals surface area contributed by atoms with Crippen molar-refractivity contribution in [2.75, 3.05) is 11.9 Å². The number of phenolic OH excluding ortho intramolecular Hbond substituents is 1. The summed E-state index contributed by atoms with van der Waals surface area (Å²) in [5.74, 6) is -1.08. The number of amides is 1. The Hall–Kier alpha value is -2.12. The third-order valence-electron chi connectivity index (χ3n) is 2.61. The van der Waals surface area contributed by atoms with Crippen LogP contribution in [-0.2, 0) is 16.0 Å². The van der Waals surface area contributed by atoms with Crippen LogP contribution in [0, 0.1) is 0 Å². The predicted octanol–water partition coefficient (Wildman–Crippen LogP) is 2.86. The van der Waals surface area contributed by atoms with E-state index in [0.717, 1.165) is 0 Å². The van der Waals surface area contributed by atoms with Gasteiger partial charge >= 0.3 is 5.97 Å². The van der Waals surface area contributed by atoms with Crippen LogP contribution in [0.4, 0.5) is 5.13 Å². The average molecular weight is 341 g/mol. The highest BCUT2D eigenvalue weighted by atomic mass is 35.5. The number of esters is 1. The number of hydrogen-bond donors (Lipinski definition) is 2. The van der Waals surface area contributed by atoms with E-state index < -0.39 is 5.91 Å². The molecular formula is C14H13ClN2O4S. The fraction of sp³-hybridized carbons (Fsp3) is 0.214. The monoisotopic (exact) mass is 340 g/mol. The minimum absolute atomic E-state index is 0.0443. The van der Waals surface area contributed by atoms with E-state index in [0.29, 0.717) is 22.5 Å². The lowest BCUT2D eigenvalue weighted by atomic mass is 10.2. The summed E-state index contributed by atoms with van der Waals surface area (Å²) in [5, 5.41) is 14.5. The summed E-state index contributed by atoms with van der Waals surface area (Å²) in [4.78, 5) is 27.5. The average Bonchev–Trinajstić information content (AvgIpc) is 2.88. The van der Waals surface area contributed by atoms with Gasteiger partial charge in [-0.2, -0.15) is 0 Å². The van der Waals surface area contributed by atoms with Crippen molar-refractivity contribution in [3.8, 4) is 5.75 Å². The van der Waals surface area contributed by atoms with E-state index in [9.17, 15) is 14.7 Å². The molecule has 0 bridgehead atoms. The summed E-state index contributed by atoms with van der Waals surface area (Å²) in [6.45, 7) is 2.03. The number of rotatable bonds is 5. The maximum atomic E-state index is 12.1. The lowest BCUT2D eigenvalue weighted by molar-refractivity contribution is -0.142. The molecule has 1 heterocycles.